The summed E-state index contributed by atoms with van der Waals surface area (Å²) in [5, 5.41) is 5.81. The summed E-state index contributed by atoms with van der Waals surface area (Å²) in [7, 11) is 0. The fourth-order valence-corrected chi connectivity index (χ4v) is 3.75. The molecule has 4 heteroatoms. The Labute approximate surface area is 161 Å². The summed E-state index contributed by atoms with van der Waals surface area (Å²) in [6.07, 6.45) is 3.39. The fourth-order valence-electron chi connectivity index (χ4n) is 3.75. The highest BCUT2D eigenvalue weighted by Crippen LogP contribution is 2.29. The Kier molecular flexibility index (Phi) is 6.28. The van der Waals surface area contributed by atoms with Gasteiger partial charge in [-0.15, -0.1) is 0 Å². The van der Waals surface area contributed by atoms with E-state index in [0.717, 1.165) is 24.0 Å². The number of rotatable bonds is 5. The van der Waals surface area contributed by atoms with Gasteiger partial charge in [0.25, 0.3) is 5.91 Å². The second kappa shape index (κ2) is 8.85. The lowest BCUT2D eigenvalue weighted by Gasteiger charge is -2.34. The molecule has 0 bridgehead atoms. The zero-order valence-corrected chi connectivity index (χ0v) is 16.1. The lowest BCUT2D eigenvalue weighted by molar-refractivity contribution is -0.121. The Bertz CT molecular complexity index is 771. The summed E-state index contributed by atoms with van der Waals surface area (Å²) in [5.74, 6) is 0.760. The number of carbonyl (C=O) groups excluding carboxylic acids is 2. The largest absolute Gasteiger partial charge is 0.352 e. The van der Waals surface area contributed by atoms with Crippen molar-refractivity contribution in [2.75, 3.05) is 6.54 Å². The van der Waals surface area contributed by atoms with Gasteiger partial charge in [-0.3, -0.25) is 9.59 Å². The first-order valence-electron chi connectivity index (χ1n) is 9.77. The van der Waals surface area contributed by atoms with Gasteiger partial charge < -0.3 is 10.6 Å². The molecule has 1 aliphatic rings. The molecule has 4 nitrogen and oxygen atoms in total. The predicted octanol–water partition coefficient (Wildman–Crippen LogP) is 4.02. The molecule has 142 valence electrons. The molecule has 2 aromatic rings. The molecule has 0 radical (unpaired) electrons. The number of nitrogens with one attached hydrogen (secondary N) is 2. The molecule has 27 heavy (non-hydrogen) atoms. The summed E-state index contributed by atoms with van der Waals surface area (Å²) >= 11 is 0. The maximum Gasteiger partial charge on any atom is 0.251 e. The Balaban J connectivity index is 1.51. The molecule has 0 saturated heterocycles. The zero-order valence-electron chi connectivity index (χ0n) is 16.1. The first-order valence-corrected chi connectivity index (χ1v) is 9.77. The summed E-state index contributed by atoms with van der Waals surface area (Å²) < 4.78 is 0. The van der Waals surface area contributed by atoms with Crippen LogP contribution in [-0.4, -0.2) is 24.4 Å². The van der Waals surface area contributed by atoms with Gasteiger partial charge >= 0.3 is 0 Å². The third kappa shape index (κ3) is 4.97. The second-order valence-electron chi connectivity index (χ2n) is 7.57. The van der Waals surface area contributed by atoms with Crippen molar-refractivity contribution in [2.45, 2.75) is 39.2 Å². The summed E-state index contributed by atoms with van der Waals surface area (Å²) in [4.78, 5) is 24.5. The number of amides is 2. The first kappa shape index (κ1) is 19.2. The van der Waals surface area contributed by atoms with E-state index < -0.39 is 0 Å². The third-order valence-corrected chi connectivity index (χ3v) is 5.72. The van der Waals surface area contributed by atoms with Crippen molar-refractivity contribution in [3.8, 4) is 11.1 Å². The van der Waals surface area contributed by atoms with E-state index in [2.05, 4.69) is 24.5 Å². The standard InChI is InChI=1S/C23H28N2O2/c1-16-7-6-10-21(17(16)2)25-22(26)15-24-23(27)20-13-11-19(12-14-20)18-8-4-3-5-9-18/h3-5,8-9,11-14,16-17,21H,6-7,10,15H2,1-2H3,(H,24,27)(H,25,26). The maximum atomic E-state index is 12.3. The molecule has 2 N–H and O–H groups in total. The summed E-state index contributed by atoms with van der Waals surface area (Å²) in [5.41, 5.74) is 2.73. The molecule has 0 aliphatic heterocycles. The Morgan fingerprint density at radius 1 is 0.926 bits per heavy atom. The van der Waals surface area contributed by atoms with Crippen molar-refractivity contribution in [3.05, 3.63) is 60.2 Å². The van der Waals surface area contributed by atoms with Crippen LogP contribution in [0, 0.1) is 11.8 Å². The topological polar surface area (TPSA) is 58.2 Å². The predicted molar refractivity (Wildman–Crippen MR) is 108 cm³/mol. The highest BCUT2D eigenvalue weighted by Gasteiger charge is 2.28. The van der Waals surface area contributed by atoms with Gasteiger partial charge in [0.1, 0.15) is 0 Å². The minimum Gasteiger partial charge on any atom is -0.352 e. The van der Waals surface area contributed by atoms with Gasteiger partial charge in [0.2, 0.25) is 5.91 Å². The van der Waals surface area contributed by atoms with Gasteiger partial charge in [0, 0.05) is 11.6 Å². The average molecular weight is 364 g/mol. The van der Waals surface area contributed by atoms with Gasteiger partial charge in [-0.2, -0.15) is 0 Å². The van der Waals surface area contributed by atoms with Crippen LogP contribution < -0.4 is 10.6 Å². The summed E-state index contributed by atoms with van der Waals surface area (Å²) in [6, 6.07) is 17.7. The smallest absolute Gasteiger partial charge is 0.251 e. The molecular formula is C23H28N2O2. The number of hydrogen-bond donors (Lipinski definition) is 2. The number of hydrogen-bond acceptors (Lipinski definition) is 2. The molecule has 3 rings (SSSR count). The van der Waals surface area contributed by atoms with E-state index in [-0.39, 0.29) is 24.4 Å². The van der Waals surface area contributed by atoms with Crippen LogP contribution in [0.2, 0.25) is 0 Å². The van der Waals surface area contributed by atoms with Crippen molar-refractivity contribution in [3.63, 3.8) is 0 Å². The van der Waals surface area contributed by atoms with E-state index in [1.807, 2.05) is 42.5 Å². The molecule has 0 aromatic heterocycles. The number of carbonyl (C=O) groups is 2. The van der Waals surface area contributed by atoms with Gasteiger partial charge in [0.15, 0.2) is 0 Å². The van der Waals surface area contributed by atoms with Crippen LogP contribution in [0.1, 0.15) is 43.5 Å². The van der Waals surface area contributed by atoms with Crippen molar-refractivity contribution in [2.24, 2.45) is 11.8 Å². The Morgan fingerprint density at radius 3 is 2.30 bits per heavy atom. The highest BCUT2D eigenvalue weighted by molar-refractivity contribution is 5.96. The highest BCUT2D eigenvalue weighted by atomic mass is 16.2. The van der Waals surface area contributed by atoms with Crippen molar-refractivity contribution in [1.29, 1.82) is 0 Å². The van der Waals surface area contributed by atoms with Crippen LogP contribution in [0.5, 0.6) is 0 Å². The molecule has 0 heterocycles. The molecular weight excluding hydrogens is 336 g/mol. The van der Waals surface area contributed by atoms with Crippen molar-refractivity contribution < 1.29 is 9.59 Å². The first-order chi connectivity index (χ1) is 13.0. The monoisotopic (exact) mass is 364 g/mol. The van der Waals surface area contributed by atoms with Gasteiger partial charge in [0.05, 0.1) is 6.54 Å². The Morgan fingerprint density at radius 2 is 1.59 bits per heavy atom. The maximum absolute atomic E-state index is 12.3. The summed E-state index contributed by atoms with van der Waals surface area (Å²) in [6.45, 7) is 4.45. The molecule has 3 atom stereocenters. The quantitative estimate of drug-likeness (QED) is 0.842. The van der Waals surface area contributed by atoms with Crippen LogP contribution >= 0.6 is 0 Å². The zero-order chi connectivity index (χ0) is 19.2. The van der Waals surface area contributed by atoms with Gasteiger partial charge in [-0.1, -0.05) is 69.2 Å². The normalized spacial score (nSPS) is 22.1. The van der Waals surface area contributed by atoms with Crippen LogP contribution in [0.25, 0.3) is 11.1 Å². The van der Waals surface area contributed by atoms with Gasteiger partial charge in [-0.05, 0) is 41.5 Å². The van der Waals surface area contributed by atoms with Crippen LogP contribution in [0.3, 0.4) is 0 Å². The second-order valence-corrected chi connectivity index (χ2v) is 7.57. The van der Waals surface area contributed by atoms with E-state index in [9.17, 15) is 9.59 Å². The van der Waals surface area contributed by atoms with Crippen molar-refractivity contribution in [1.82, 2.24) is 10.6 Å². The van der Waals surface area contributed by atoms with E-state index in [0.29, 0.717) is 17.4 Å². The molecule has 1 aliphatic carbocycles. The molecule has 3 unspecified atom stereocenters. The van der Waals surface area contributed by atoms with E-state index in [4.69, 9.17) is 0 Å². The molecule has 0 spiro atoms. The molecule has 1 fully saturated rings. The minimum atomic E-state index is -0.227. The third-order valence-electron chi connectivity index (χ3n) is 5.72. The van der Waals surface area contributed by atoms with Crippen LogP contribution in [0.15, 0.2) is 54.6 Å². The van der Waals surface area contributed by atoms with Crippen LogP contribution in [0.4, 0.5) is 0 Å². The van der Waals surface area contributed by atoms with E-state index >= 15 is 0 Å². The molecule has 1 saturated carbocycles. The number of benzene rings is 2. The fraction of sp³-hybridized carbons (Fsp3) is 0.391. The lowest BCUT2D eigenvalue weighted by atomic mass is 9.78. The average Bonchev–Trinajstić information content (AvgIpc) is 2.70. The van der Waals surface area contributed by atoms with Crippen LogP contribution in [-0.2, 0) is 4.79 Å². The SMILES string of the molecule is CC1CCCC(NC(=O)CNC(=O)c2ccc(-c3ccccc3)cc2)C1C. The van der Waals surface area contributed by atoms with E-state index in [1.54, 1.807) is 12.1 Å². The molecule has 2 aromatic carbocycles. The minimum absolute atomic E-state index is 0.0108. The lowest BCUT2D eigenvalue weighted by Crippen LogP contribution is -2.47. The Hall–Kier alpha value is -2.62. The van der Waals surface area contributed by atoms with E-state index in [1.165, 1.54) is 6.42 Å². The van der Waals surface area contributed by atoms with Crippen molar-refractivity contribution >= 4 is 11.8 Å². The molecule has 2 amide bonds. The van der Waals surface area contributed by atoms with Gasteiger partial charge in [-0.25, -0.2) is 0 Å².